The van der Waals surface area contributed by atoms with Gasteiger partial charge in [-0.2, -0.15) is 0 Å². The zero-order valence-corrected chi connectivity index (χ0v) is 13.1. The summed E-state index contributed by atoms with van der Waals surface area (Å²) >= 11 is 7.64. The van der Waals surface area contributed by atoms with Gasteiger partial charge in [0.15, 0.2) is 0 Å². The summed E-state index contributed by atoms with van der Waals surface area (Å²) in [5, 5.41) is 3.70. The van der Waals surface area contributed by atoms with Gasteiger partial charge < -0.3 is 10.1 Å². The van der Waals surface area contributed by atoms with E-state index in [9.17, 15) is 0 Å². The fourth-order valence-electron chi connectivity index (χ4n) is 2.60. The van der Waals surface area contributed by atoms with Crippen molar-refractivity contribution < 1.29 is 4.74 Å². The summed E-state index contributed by atoms with van der Waals surface area (Å²) in [6, 6.07) is 4.95. The van der Waals surface area contributed by atoms with Crippen LogP contribution in [0, 0.1) is 5.41 Å². The van der Waals surface area contributed by atoms with E-state index in [2.05, 4.69) is 39.1 Å². The Morgan fingerprint density at radius 2 is 2.28 bits per heavy atom. The third kappa shape index (κ3) is 2.74. The van der Waals surface area contributed by atoms with Crippen LogP contribution in [0.3, 0.4) is 0 Å². The maximum Gasteiger partial charge on any atom is 0.0931 e. The summed E-state index contributed by atoms with van der Waals surface area (Å²) < 4.78 is 6.62. The highest BCUT2D eigenvalue weighted by molar-refractivity contribution is 7.16. The molecule has 1 aliphatic rings. The quantitative estimate of drug-likeness (QED) is 0.874. The van der Waals surface area contributed by atoms with Crippen LogP contribution in [0.4, 0.5) is 0 Å². The molecule has 0 spiro atoms. The number of rotatable bonds is 5. The van der Waals surface area contributed by atoms with Crippen LogP contribution in [-0.4, -0.2) is 18.8 Å². The largest absolute Gasteiger partial charge is 0.378 e. The molecular formula is C14H22ClNOS. The maximum absolute atomic E-state index is 5.98. The molecule has 4 heteroatoms. The Morgan fingerprint density at radius 3 is 2.78 bits per heavy atom. The van der Waals surface area contributed by atoms with Crippen molar-refractivity contribution in [2.24, 2.45) is 5.41 Å². The van der Waals surface area contributed by atoms with Crippen molar-refractivity contribution in [3.63, 3.8) is 0 Å². The molecule has 0 aromatic carbocycles. The van der Waals surface area contributed by atoms with Crippen molar-refractivity contribution in [2.45, 2.75) is 52.3 Å². The number of halogens is 1. The van der Waals surface area contributed by atoms with E-state index in [1.807, 2.05) is 6.07 Å². The lowest BCUT2D eigenvalue weighted by atomic mass is 9.64. The molecule has 0 amide bonds. The van der Waals surface area contributed by atoms with E-state index in [4.69, 9.17) is 16.3 Å². The van der Waals surface area contributed by atoms with Gasteiger partial charge in [0.1, 0.15) is 0 Å². The molecule has 1 fully saturated rings. The molecule has 1 aromatic heterocycles. The molecule has 1 aromatic rings. The van der Waals surface area contributed by atoms with E-state index in [1.165, 1.54) is 4.88 Å². The highest BCUT2D eigenvalue weighted by Crippen LogP contribution is 2.44. The van der Waals surface area contributed by atoms with Gasteiger partial charge in [0.2, 0.25) is 0 Å². The van der Waals surface area contributed by atoms with Crippen molar-refractivity contribution in [1.29, 1.82) is 0 Å². The maximum atomic E-state index is 5.98. The molecule has 0 saturated heterocycles. The van der Waals surface area contributed by atoms with E-state index in [0.717, 1.165) is 17.4 Å². The second-order valence-electron chi connectivity index (χ2n) is 5.58. The predicted octanol–water partition coefficient (Wildman–Crippen LogP) is 4.26. The summed E-state index contributed by atoms with van der Waals surface area (Å²) in [6.45, 7) is 9.63. The highest BCUT2D eigenvalue weighted by Gasteiger charge is 2.49. The molecule has 1 heterocycles. The number of hydrogen-bond donors (Lipinski definition) is 1. The minimum absolute atomic E-state index is 0.214. The molecule has 0 radical (unpaired) electrons. The van der Waals surface area contributed by atoms with Gasteiger partial charge in [-0.1, -0.05) is 25.4 Å². The smallest absolute Gasteiger partial charge is 0.0931 e. The SMILES string of the molecule is CCOC1CC(NC(C)c2ccc(Cl)s2)C1(C)C. The van der Waals surface area contributed by atoms with E-state index in [-0.39, 0.29) is 5.41 Å². The monoisotopic (exact) mass is 287 g/mol. The minimum atomic E-state index is 0.214. The van der Waals surface area contributed by atoms with Gasteiger partial charge in [-0.15, -0.1) is 11.3 Å². The summed E-state index contributed by atoms with van der Waals surface area (Å²) in [6.07, 6.45) is 1.49. The van der Waals surface area contributed by atoms with Crippen LogP contribution >= 0.6 is 22.9 Å². The van der Waals surface area contributed by atoms with E-state index < -0.39 is 0 Å². The Bertz CT molecular complexity index is 404. The first-order valence-electron chi connectivity index (χ1n) is 6.58. The summed E-state index contributed by atoms with van der Waals surface area (Å²) in [5.41, 5.74) is 0.214. The molecule has 1 aliphatic carbocycles. The average molecular weight is 288 g/mol. The molecule has 102 valence electrons. The third-order valence-electron chi connectivity index (χ3n) is 4.02. The van der Waals surface area contributed by atoms with Gasteiger partial charge >= 0.3 is 0 Å². The zero-order valence-electron chi connectivity index (χ0n) is 11.5. The van der Waals surface area contributed by atoms with Crippen molar-refractivity contribution in [3.05, 3.63) is 21.3 Å². The van der Waals surface area contributed by atoms with Crippen LogP contribution in [0.15, 0.2) is 12.1 Å². The zero-order chi connectivity index (χ0) is 13.3. The average Bonchev–Trinajstić information content (AvgIpc) is 2.74. The van der Waals surface area contributed by atoms with E-state index >= 15 is 0 Å². The number of ether oxygens (including phenoxy) is 1. The van der Waals surface area contributed by atoms with Gasteiger partial charge in [0, 0.05) is 29.0 Å². The van der Waals surface area contributed by atoms with Gasteiger partial charge in [-0.05, 0) is 32.4 Å². The lowest BCUT2D eigenvalue weighted by molar-refractivity contribution is -0.116. The second-order valence-corrected chi connectivity index (χ2v) is 7.33. The first-order valence-corrected chi connectivity index (χ1v) is 7.77. The second kappa shape index (κ2) is 5.49. The highest BCUT2D eigenvalue weighted by atomic mass is 35.5. The Labute approximate surface area is 119 Å². The molecule has 3 atom stereocenters. The van der Waals surface area contributed by atoms with Gasteiger partial charge in [-0.25, -0.2) is 0 Å². The molecule has 3 unspecified atom stereocenters. The molecule has 0 bridgehead atoms. The van der Waals surface area contributed by atoms with Crippen molar-refractivity contribution in [3.8, 4) is 0 Å². The third-order valence-corrected chi connectivity index (χ3v) is 5.43. The number of thiophene rings is 1. The summed E-state index contributed by atoms with van der Waals surface area (Å²) in [4.78, 5) is 1.30. The van der Waals surface area contributed by atoms with Crippen LogP contribution < -0.4 is 5.32 Å². The van der Waals surface area contributed by atoms with E-state index in [1.54, 1.807) is 11.3 Å². The molecule has 1 saturated carbocycles. The van der Waals surface area contributed by atoms with Gasteiger partial charge in [-0.3, -0.25) is 0 Å². The molecule has 2 rings (SSSR count). The van der Waals surface area contributed by atoms with Crippen molar-refractivity contribution >= 4 is 22.9 Å². The standard InChI is InChI=1S/C14H22ClNOS/c1-5-17-12-8-11(14(12,3)4)16-9(2)10-6-7-13(15)18-10/h6-7,9,11-12,16H,5,8H2,1-4H3. The lowest BCUT2D eigenvalue weighted by Crippen LogP contribution is -2.61. The molecular weight excluding hydrogens is 266 g/mol. The van der Waals surface area contributed by atoms with Crippen LogP contribution in [0.25, 0.3) is 0 Å². The normalized spacial score (nSPS) is 27.8. The predicted molar refractivity (Wildman–Crippen MR) is 78.5 cm³/mol. The Kier molecular flexibility index (Phi) is 4.37. The van der Waals surface area contributed by atoms with Crippen LogP contribution in [0.5, 0.6) is 0 Å². The Morgan fingerprint density at radius 1 is 1.56 bits per heavy atom. The van der Waals surface area contributed by atoms with Gasteiger partial charge in [0.05, 0.1) is 10.4 Å². The summed E-state index contributed by atoms with van der Waals surface area (Å²) in [7, 11) is 0. The Balaban J connectivity index is 1.91. The molecule has 0 aliphatic heterocycles. The fourth-order valence-corrected chi connectivity index (χ4v) is 3.67. The topological polar surface area (TPSA) is 21.3 Å². The molecule has 1 N–H and O–H groups in total. The van der Waals surface area contributed by atoms with Gasteiger partial charge in [0.25, 0.3) is 0 Å². The minimum Gasteiger partial charge on any atom is -0.378 e. The summed E-state index contributed by atoms with van der Waals surface area (Å²) in [5.74, 6) is 0. The Hall–Kier alpha value is -0.0900. The molecule has 18 heavy (non-hydrogen) atoms. The number of nitrogens with one attached hydrogen (secondary N) is 1. The fraction of sp³-hybridized carbons (Fsp3) is 0.714. The molecule has 2 nitrogen and oxygen atoms in total. The van der Waals surface area contributed by atoms with E-state index in [0.29, 0.717) is 18.2 Å². The number of hydrogen-bond acceptors (Lipinski definition) is 3. The first kappa shape index (κ1) is 14.3. The van der Waals surface area contributed by atoms with Crippen molar-refractivity contribution in [2.75, 3.05) is 6.61 Å². The van der Waals surface area contributed by atoms with Crippen molar-refractivity contribution in [1.82, 2.24) is 5.32 Å². The lowest BCUT2D eigenvalue weighted by Gasteiger charge is -2.52. The first-order chi connectivity index (χ1) is 8.45. The van der Waals surface area contributed by atoms with Crippen LogP contribution in [0.1, 0.15) is 45.0 Å². The van der Waals surface area contributed by atoms with Crippen LogP contribution in [-0.2, 0) is 4.74 Å². The van der Waals surface area contributed by atoms with Crippen LogP contribution in [0.2, 0.25) is 4.34 Å².